The van der Waals surface area contributed by atoms with Crippen LogP contribution in [0.4, 0.5) is 0 Å². The molecule has 0 fully saturated rings. The summed E-state index contributed by atoms with van der Waals surface area (Å²) in [6.45, 7) is 2.87. The lowest BCUT2D eigenvalue weighted by Gasteiger charge is -2.07. The molecule has 3 N–H and O–H groups in total. The van der Waals surface area contributed by atoms with Crippen molar-refractivity contribution < 1.29 is 23.4 Å². The SMILES string of the molecule is Cc1sc(C(=O)O)cc1S(=O)(=O)NCC(C)O. The van der Waals surface area contributed by atoms with Crippen molar-refractivity contribution in [1.82, 2.24) is 4.72 Å². The third-order valence-corrected chi connectivity index (χ3v) is 4.66. The Morgan fingerprint density at radius 1 is 1.59 bits per heavy atom. The first-order chi connectivity index (χ1) is 7.74. The lowest BCUT2D eigenvalue weighted by Crippen LogP contribution is -2.30. The summed E-state index contributed by atoms with van der Waals surface area (Å²) in [5, 5.41) is 17.8. The molecule has 1 aromatic rings. The molecular weight excluding hydrogens is 266 g/mol. The first kappa shape index (κ1) is 14.1. The Bertz CT molecular complexity index is 517. The highest BCUT2D eigenvalue weighted by Crippen LogP contribution is 2.25. The number of aliphatic hydroxyl groups excluding tert-OH is 1. The largest absolute Gasteiger partial charge is 0.477 e. The Kier molecular flexibility index (Phi) is 4.26. The second-order valence-corrected chi connectivity index (χ2v) is 6.53. The first-order valence-corrected chi connectivity index (χ1v) is 7.05. The number of sulfonamides is 1. The van der Waals surface area contributed by atoms with E-state index in [9.17, 15) is 13.2 Å². The fourth-order valence-corrected chi connectivity index (χ4v) is 3.70. The molecule has 0 saturated heterocycles. The molecule has 0 saturated carbocycles. The zero-order chi connectivity index (χ0) is 13.2. The number of hydrogen-bond acceptors (Lipinski definition) is 5. The third kappa shape index (κ3) is 3.50. The normalized spacial score (nSPS) is 13.6. The molecule has 6 nitrogen and oxygen atoms in total. The number of hydrogen-bond donors (Lipinski definition) is 3. The van der Waals surface area contributed by atoms with Crippen molar-refractivity contribution in [1.29, 1.82) is 0 Å². The van der Waals surface area contributed by atoms with Crippen molar-refractivity contribution in [3.05, 3.63) is 15.8 Å². The van der Waals surface area contributed by atoms with Gasteiger partial charge in [0.05, 0.1) is 11.0 Å². The molecule has 1 rings (SSSR count). The lowest BCUT2D eigenvalue weighted by atomic mass is 10.4. The van der Waals surface area contributed by atoms with Crippen LogP contribution >= 0.6 is 11.3 Å². The first-order valence-electron chi connectivity index (χ1n) is 4.75. The maximum absolute atomic E-state index is 11.8. The van der Waals surface area contributed by atoms with Gasteiger partial charge in [-0.3, -0.25) is 0 Å². The standard InChI is InChI=1S/C9H13NO5S2/c1-5(11)4-10-17(14,15)8-3-7(9(12)13)16-6(8)2/h3,5,10-11H,4H2,1-2H3,(H,12,13). The molecule has 0 bridgehead atoms. The number of rotatable bonds is 5. The van der Waals surface area contributed by atoms with Gasteiger partial charge in [-0.1, -0.05) is 0 Å². The van der Waals surface area contributed by atoms with E-state index < -0.39 is 22.1 Å². The van der Waals surface area contributed by atoms with Crippen molar-refractivity contribution >= 4 is 27.3 Å². The topological polar surface area (TPSA) is 104 Å². The minimum atomic E-state index is -3.76. The Balaban J connectivity index is 3.03. The van der Waals surface area contributed by atoms with Gasteiger partial charge in [-0.05, 0) is 19.9 Å². The van der Waals surface area contributed by atoms with E-state index in [2.05, 4.69) is 4.72 Å². The van der Waals surface area contributed by atoms with Crippen LogP contribution in [-0.4, -0.2) is 37.2 Å². The smallest absolute Gasteiger partial charge is 0.345 e. The number of carbonyl (C=O) groups is 1. The molecule has 96 valence electrons. The van der Waals surface area contributed by atoms with Crippen LogP contribution in [0.25, 0.3) is 0 Å². The Hall–Kier alpha value is -0.960. The molecule has 17 heavy (non-hydrogen) atoms. The van der Waals surface area contributed by atoms with E-state index in [-0.39, 0.29) is 16.3 Å². The van der Waals surface area contributed by atoms with Crippen LogP contribution in [0, 0.1) is 6.92 Å². The Morgan fingerprint density at radius 2 is 2.18 bits per heavy atom. The van der Waals surface area contributed by atoms with Crippen molar-refractivity contribution in [3.8, 4) is 0 Å². The van der Waals surface area contributed by atoms with Gasteiger partial charge in [-0.15, -0.1) is 11.3 Å². The molecule has 1 unspecified atom stereocenters. The summed E-state index contributed by atoms with van der Waals surface area (Å²) in [5.74, 6) is -1.16. The second-order valence-electron chi connectivity index (χ2n) is 3.54. The fourth-order valence-electron chi connectivity index (χ4n) is 1.15. The summed E-state index contributed by atoms with van der Waals surface area (Å²) >= 11 is 0.902. The van der Waals surface area contributed by atoms with Crippen LogP contribution in [0.1, 0.15) is 21.5 Å². The average Bonchev–Trinajstić information content (AvgIpc) is 2.58. The van der Waals surface area contributed by atoms with Gasteiger partial charge in [0, 0.05) is 11.4 Å². The molecule has 0 aliphatic carbocycles. The van der Waals surface area contributed by atoms with E-state index in [1.807, 2.05) is 0 Å². The monoisotopic (exact) mass is 279 g/mol. The maximum atomic E-state index is 11.8. The van der Waals surface area contributed by atoms with Gasteiger partial charge in [-0.2, -0.15) is 0 Å². The number of aromatic carboxylic acids is 1. The van der Waals surface area contributed by atoms with Crippen molar-refractivity contribution in [2.75, 3.05) is 6.54 Å². The zero-order valence-electron chi connectivity index (χ0n) is 9.30. The quantitative estimate of drug-likeness (QED) is 0.724. The van der Waals surface area contributed by atoms with E-state index in [0.717, 1.165) is 17.4 Å². The summed E-state index contributed by atoms with van der Waals surface area (Å²) < 4.78 is 25.8. The van der Waals surface area contributed by atoms with Crippen LogP contribution in [0.2, 0.25) is 0 Å². The zero-order valence-corrected chi connectivity index (χ0v) is 10.9. The molecule has 0 aromatic carbocycles. The number of carboxylic acid groups (broad SMARTS) is 1. The number of carboxylic acids is 1. The van der Waals surface area contributed by atoms with Crippen LogP contribution in [0.15, 0.2) is 11.0 Å². The highest BCUT2D eigenvalue weighted by Gasteiger charge is 2.22. The van der Waals surface area contributed by atoms with Crippen LogP contribution in [-0.2, 0) is 10.0 Å². The summed E-state index contributed by atoms with van der Waals surface area (Å²) in [5.41, 5.74) is 0. The molecule has 1 aromatic heterocycles. The summed E-state index contributed by atoms with van der Waals surface area (Å²) in [4.78, 5) is 11.0. The van der Waals surface area contributed by atoms with Gasteiger partial charge in [0.1, 0.15) is 4.88 Å². The number of thiophene rings is 1. The van der Waals surface area contributed by atoms with E-state index in [1.165, 1.54) is 13.8 Å². The van der Waals surface area contributed by atoms with Gasteiger partial charge < -0.3 is 10.2 Å². The number of aliphatic hydroxyl groups is 1. The molecule has 8 heteroatoms. The highest BCUT2D eigenvalue weighted by atomic mass is 32.2. The maximum Gasteiger partial charge on any atom is 0.345 e. The van der Waals surface area contributed by atoms with E-state index >= 15 is 0 Å². The molecule has 0 amide bonds. The third-order valence-electron chi connectivity index (χ3n) is 1.94. The van der Waals surface area contributed by atoms with Gasteiger partial charge >= 0.3 is 5.97 Å². The molecule has 0 radical (unpaired) electrons. The van der Waals surface area contributed by atoms with Crippen LogP contribution < -0.4 is 4.72 Å². The number of nitrogens with one attached hydrogen (secondary N) is 1. The van der Waals surface area contributed by atoms with Crippen molar-refractivity contribution in [3.63, 3.8) is 0 Å². The van der Waals surface area contributed by atoms with Crippen molar-refractivity contribution in [2.24, 2.45) is 0 Å². The summed E-state index contributed by atoms with van der Waals surface area (Å²) in [7, 11) is -3.76. The predicted octanol–water partition coefficient (Wildman–Crippen LogP) is 0.414. The van der Waals surface area contributed by atoms with Gasteiger partial charge in [0.2, 0.25) is 10.0 Å². The number of aryl methyl sites for hydroxylation is 1. The summed E-state index contributed by atoms with van der Waals surface area (Å²) in [6, 6.07) is 1.12. The Labute approximate surface area is 103 Å². The fraction of sp³-hybridized carbons (Fsp3) is 0.444. The molecular formula is C9H13NO5S2. The van der Waals surface area contributed by atoms with E-state index in [4.69, 9.17) is 10.2 Å². The van der Waals surface area contributed by atoms with Crippen molar-refractivity contribution in [2.45, 2.75) is 24.8 Å². The lowest BCUT2D eigenvalue weighted by molar-refractivity contribution is 0.0702. The molecule has 1 heterocycles. The minimum absolute atomic E-state index is 0.0279. The van der Waals surface area contributed by atoms with Gasteiger partial charge in [0.25, 0.3) is 0 Å². The average molecular weight is 279 g/mol. The van der Waals surface area contributed by atoms with Gasteiger partial charge in [-0.25, -0.2) is 17.9 Å². The second kappa shape index (κ2) is 5.13. The van der Waals surface area contributed by atoms with E-state index in [0.29, 0.717) is 4.88 Å². The Morgan fingerprint density at radius 3 is 2.59 bits per heavy atom. The minimum Gasteiger partial charge on any atom is -0.477 e. The molecule has 0 aliphatic heterocycles. The molecule has 1 atom stereocenters. The van der Waals surface area contributed by atoms with Crippen LogP contribution in [0.5, 0.6) is 0 Å². The van der Waals surface area contributed by atoms with E-state index in [1.54, 1.807) is 0 Å². The summed E-state index contributed by atoms with van der Waals surface area (Å²) in [6.07, 6.45) is -0.803. The predicted molar refractivity (Wildman–Crippen MR) is 62.9 cm³/mol. The molecule has 0 aliphatic rings. The van der Waals surface area contributed by atoms with Gasteiger partial charge in [0.15, 0.2) is 0 Å². The highest BCUT2D eigenvalue weighted by molar-refractivity contribution is 7.89. The molecule has 0 spiro atoms. The van der Waals surface area contributed by atoms with Crippen LogP contribution in [0.3, 0.4) is 0 Å².